The summed E-state index contributed by atoms with van der Waals surface area (Å²) in [6, 6.07) is 5.31. The third kappa shape index (κ3) is 3.58. The molecule has 1 aromatic carbocycles. The molecular weight excluding hydrogens is 264 g/mol. The van der Waals surface area contributed by atoms with Gasteiger partial charge in [-0.1, -0.05) is 39.3 Å². The lowest BCUT2D eigenvalue weighted by molar-refractivity contribution is 0.0432. The predicted octanol–water partition coefficient (Wildman–Crippen LogP) is 4.53. The molecule has 1 saturated carbocycles. The molecule has 2 rings (SSSR count). The van der Waals surface area contributed by atoms with Gasteiger partial charge in [-0.15, -0.1) is 0 Å². The number of aryl methyl sites for hydroxylation is 1. The van der Waals surface area contributed by atoms with Crippen LogP contribution in [0.25, 0.3) is 0 Å². The summed E-state index contributed by atoms with van der Waals surface area (Å²) >= 11 is 0. The van der Waals surface area contributed by atoms with Crippen LogP contribution in [0.5, 0.6) is 5.75 Å². The lowest BCUT2D eigenvalue weighted by Crippen LogP contribution is -2.36. The zero-order valence-electron chi connectivity index (χ0n) is 13.4. The number of ether oxygens (including phenoxy) is 1. The predicted molar refractivity (Wildman–Crippen MR) is 83.9 cm³/mol. The molecule has 3 heteroatoms. The summed E-state index contributed by atoms with van der Waals surface area (Å²) in [6.45, 7) is 8.63. The molecule has 0 spiro atoms. The monoisotopic (exact) mass is 290 g/mol. The van der Waals surface area contributed by atoms with Crippen molar-refractivity contribution in [1.29, 1.82) is 0 Å². The van der Waals surface area contributed by atoms with Gasteiger partial charge >= 0.3 is 5.97 Å². The Morgan fingerprint density at radius 1 is 1.33 bits per heavy atom. The summed E-state index contributed by atoms with van der Waals surface area (Å²) in [5.74, 6) is 1.33. The molecule has 0 aliphatic heterocycles. The fourth-order valence-electron chi connectivity index (χ4n) is 3.38. The van der Waals surface area contributed by atoms with Crippen molar-refractivity contribution in [3.05, 3.63) is 29.3 Å². The lowest BCUT2D eigenvalue weighted by atomic mass is 9.75. The summed E-state index contributed by atoms with van der Waals surface area (Å²) in [7, 11) is 0. The second kappa shape index (κ2) is 6.50. The van der Waals surface area contributed by atoms with Crippen LogP contribution in [-0.2, 0) is 0 Å². The van der Waals surface area contributed by atoms with Crippen LogP contribution in [0.4, 0.5) is 0 Å². The SMILES string of the molecule is Cc1cccc(C(=O)O)c1O[C@@H]1C[C@H](C)CC[C@H]1C(C)C. The van der Waals surface area contributed by atoms with Crippen LogP contribution in [0.2, 0.25) is 0 Å². The molecule has 3 atom stereocenters. The van der Waals surface area contributed by atoms with Gasteiger partial charge in [0.15, 0.2) is 0 Å². The minimum Gasteiger partial charge on any atom is -0.489 e. The van der Waals surface area contributed by atoms with Crippen molar-refractivity contribution < 1.29 is 14.6 Å². The van der Waals surface area contributed by atoms with Gasteiger partial charge in [0.05, 0.1) is 0 Å². The van der Waals surface area contributed by atoms with Crippen LogP contribution in [0.1, 0.15) is 56.0 Å². The molecule has 1 aliphatic carbocycles. The second-order valence-corrected chi connectivity index (χ2v) is 6.74. The van der Waals surface area contributed by atoms with Crippen LogP contribution < -0.4 is 4.74 Å². The van der Waals surface area contributed by atoms with Gasteiger partial charge in [-0.3, -0.25) is 0 Å². The minimum atomic E-state index is -0.918. The van der Waals surface area contributed by atoms with E-state index in [1.807, 2.05) is 13.0 Å². The molecule has 1 N–H and O–H groups in total. The Labute approximate surface area is 127 Å². The molecule has 116 valence electrons. The van der Waals surface area contributed by atoms with Crippen LogP contribution >= 0.6 is 0 Å². The lowest BCUT2D eigenvalue weighted by Gasteiger charge is -2.37. The highest BCUT2D eigenvalue weighted by atomic mass is 16.5. The number of benzene rings is 1. The Morgan fingerprint density at radius 2 is 2.05 bits per heavy atom. The highest BCUT2D eigenvalue weighted by Gasteiger charge is 2.33. The van der Waals surface area contributed by atoms with E-state index in [9.17, 15) is 9.90 Å². The third-order valence-corrected chi connectivity index (χ3v) is 4.67. The number of carboxylic acids is 1. The molecule has 0 heterocycles. The highest BCUT2D eigenvalue weighted by Crippen LogP contribution is 2.37. The summed E-state index contributed by atoms with van der Waals surface area (Å²) in [5, 5.41) is 9.37. The van der Waals surface area contributed by atoms with Gasteiger partial charge < -0.3 is 9.84 Å². The number of aromatic carboxylic acids is 1. The van der Waals surface area contributed by atoms with E-state index in [-0.39, 0.29) is 11.7 Å². The average molecular weight is 290 g/mol. The molecule has 0 bridgehead atoms. The normalized spacial score (nSPS) is 25.9. The number of rotatable bonds is 4. The molecule has 21 heavy (non-hydrogen) atoms. The molecule has 1 aromatic rings. The molecule has 1 fully saturated rings. The van der Waals surface area contributed by atoms with Gasteiger partial charge in [-0.05, 0) is 49.1 Å². The van der Waals surface area contributed by atoms with Gasteiger partial charge in [0, 0.05) is 0 Å². The van der Waals surface area contributed by atoms with Gasteiger partial charge in [0.1, 0.15) is 17.4 Å². The van der Waals surface area contributed by atoms with E-state index in [1.165, 1.54) is 6.42 Å². The van der Waals surface area contributed by atoms with E-state index >= 15 is 0 Å². The maximum Gasteiger partial charge on any atom is 0.339 e. The summed E-state index contributed by atoms with van der Waals surface area (Å²) in [6.07, 6.45) is 3.53. The van der Waals surface area contributed by atoms with E-state index in [2.05, 4.69) is 20.8 Å². The zero-order valence-corrected chi connectivity index (χ0v) is 13.4. The average Bonchev–Trinajstić information content (AvgIpc) is 2.40. The van der Waals surface area contributed by atoms with E-state index in [0.717, 1.165) is 18.4 Å². The fraction of sp³-hybridized carbons (Fsp3) is 0.611. The molecule has 0 unspecified atom stereocenters. The molecule has 0 radical (unpaired) electrons. The Balaban J connectivity index is 2.28. The Hall–Kier alpha value is -1.51. The number of para-hydroxylation sites is 1. The van der Waals surface area contributed by atoms with Crippen LogP contribution in [0, 0.1) is 24.7 Å². The number of carbonyl (C=O) groups is 1. The van der Waals surface area contributed by atoms with Crippen molar-refractivity contribution in [2.24, 2.45) is 17.8 Å². The highest BCUT2D eigenvalue weighted by molar-refractivity contribution is 5.91. The fourth-order valence-corrected chi connectivity index (χ4v) is 3.38. The summed E-state index contributed by atoms with van der Waals surface area (Å²) < 4.78 is 6.24. The first kappa shape index (κ1) is 15.9. The first-order valence-corrected chi connectivity index (χ1v) is 7.89. The maximum absolute atomic E-state index is 11.4. The Bertz CT molecular complexity index is 507. The number of hydrogen-bond donors (Lipinski definition) is 1. The molecule has 1 aliphatic rings. The van der Waals surface area contributed by atoms with Gasteiger partial charge in [-0.25, -0.2) is 4.79 Å². The first-order valence-electron chi connectivity index (χ1n) is 7.89. The molecular formula is C18H26O3. The van der Waals surface area contributed by atoms with Crippen molar-refractivity contribution in [2.45, 2.75) is 53.1 Å². The van der Waals surface area contributed by atoms with E-state index in [1.54, 1.807) is 12.1 Å². The number of carboxylic acid groups (broad SMARTS) is 1. The largest absolute Gasteiger partial charge is 0.489 e. The zero-order chi connectivity index (χ0) is 15.6. The second-order valence-electron chi connectivity index (χ2n) is 6.74. The Morgan fingerprint density at radius 3 is 2.67 bits per heavy atom. The van der Waals surface area contributed by atoms with Crippen LogP contribution in [0.3, 0.4) is 0 Å². The Kier molecular flexibility index (Phi) is 4.92. The van der Waals surface area contributed by atoms with Crippen molar-refractivity contribution in [3.63, 3.8) is 0 Å². The summed E-state index contributed by atoms with van der Waals surface area (Å²) in [5.41, 5.74) is 1.17. The smallest absolute Gasteiger partial charge is 0.339 e. The van der Waals surface area contributed by atoms with E-state index in [0.29, 0.717) is 23.5 Å². The van der Waals surface area contributed by atoms with Crippen LogP contribution in [-0.4, -0.2) is 17.2 Å². The molecule has 3 nitrogen and oxygen atoms in total. The van der Waals surface area contributed by atoms with Gasteiger partial charge in [-0.2, -0.15) is 0 Å². The standard InChI is InChI=1S/C18H26O3/c1-11(2)14-9-8-12(3)10-16(14)21-17-13(4)6-5-7-15(17)18(19)20/h5-7,11-12,14,16H,8-10H2,1-4H3,(H,19,20)/t12-,14+,16-/m1/s1. The van der Waals surface area contributed by atoms with Gasteiger partial charge in [0.25, 0.3) is 0 Å². The van der Waals surface area contributed by atoms with E-state index < -0.39 is 5.97 Å². The quantitative estimate of drug-likeness (QED) is 0.886. The topological polar surface area (TPSA) is 46.5 Å². The summed E-state index contributed by atoms with van der Waals surface area (Å²) in [4.78, 5) is 11.4. The van der Waals surface area contributed by atoms with Crippen molar-refractivity contribution in [1.82, 2.24) is 0 Å². The van der Waals surface area contributed by atoms with Crippen molar-refractivity contribution >= 4 is 5.97 Å². The van der Waals surface area contributed by atoms with Gasteiger partial charge in [0.2, 0.25) is 0 Å². The molecule has 0 saturated heterocycles. The number of hydrogen-bond acceptors (Lipinski definition) is 2. The third-order valence-electron chi connectivity index (χ3n) is 4.67. The van der Waals surface area contributed by atoms with Crippen LogP contribution in [0.15, 0.2) is 18.2 Å². The molecule has 0 amide bonds. The minimum absolute atomic E-state index is 0.118. The van der Waals surface area contributed by atoms with Crippen molar-refractivity contribution in [3.8, 4) is 5.75 Å². The first-order chi connectivity index (χ1) is 9.90. The van der Waals surface area contributed by atoms with E-state index in [4.69, 9.17) is 4.74 Å². The maximum atomic E-state index is 11.4. The van der Waals surface area contributed by atoms with Crippen molar-refractivity contribution in [2.75, 3.05) is 0 Å². The molecule has 0 aromatic heterocycles.